The first-order chi connectivity index (χ1) is 9.56. The van der Waals surface area contributed by atoms with Gasteiger partial charge in [-0.25, -0.2) is 0 Å². The number of ether oxygens (including phenoxy) is 1. The van der Waals surface area contributed by atoms with E-state index in [1.165, 1.54) is 0 Å². The van der Waals surface area contributed by atoms with E-state index in [9.17, 15) is 0 Å². The lowest BCUT2D eigenvalue weighted by Gasteiger charge is -2.30. The lowest BCUT2D eigenvalue weighted by atomic mass is 9.89. The SMILES string of the molecule is CC1CN(c2n[nH]c(C3C(C)OC(C)C3C)n2)CCN1. The number of piperazine rings is 1. The van der Waals surface area contributed by atoms with Crippen molar-refractivity contribution in [2.75, 3.05) is 24.5 Å². The molecule has 6 heteroatoms. The summed E-state index contributed by atoms with van der Waals surface area (Å²) >= 11 is 0. The van der Waals surface area contributed by atoms with Gasteiger partial charge in [0.25, 0.3) is 0 Å². The highest BCUT2D eigenvalue weighted by atomic mass is 16.5. The molecule has 1 aromatic rings. The Kier molecular flexibility index (Phi) is 3.69. The summed E-state index contributed by atoms with van der Waals surface area (Å²) in [4.78, 5) is 6.98. The zero-order valence-corrected chi connectivity index (χ0v) is 12.8. The minimum atomic E-state index is 0.197. The van der Waals surface area contributed by atoms with Crippen LogP contribution in [0.4, 0.5) is 5.95 Å². The van der Waals surface area contributed by atoms with E-state index in [0.29, 0.717) is 17.9 Å². The second-order valence-corrected chi connectivity index (χ2v) is 6.25. The van der Waals surface area contributed by atoms with Crippen LogP contribution in [-0.2, 0) is 4.74 Å². The molecule has 0 aromatic carbocycles. The number of nitrogens with one attached hydrogen (secondary N) is 2. The number of H-pyrrole nitrogens is 1. The maximum atomic E-state index is 5.90. The minimum absolute atomic E-state index is 0.197. The van der Waals surface area contributed by atoms with E-state index in [2.05, 4.69) is 48.1 Å². The highest BCUT2D eigenvalue weighted by Crippen LogP contribution is 2.38. The van der Waals surface area contributed by atoms with Crippen molar-refractivity contribution in [1.29, 1.82) is 0 Å². The van der Waals surface area contributed by atoms with Gasteiger partial charge in [0, 0.05) is 31.6 Å². The number of aromatic nitrogens is 3. The summed E-state index contributed by atoms with van der Waals surface area (Å²) in [7, 11) is 0. The fraction of sp³-hybridized carbons (Fsp3) is 0.857. The third-order valence-corrected chi connectivity index (χ3v) is 4.70. The number of nitrogens with zero attached hydrogens (tertiary/aromatic N) is 3. The highest BCUT2D eigenvalue weighted by Gasteiger charge is 2.40. The summed E-state index contributed by atoms with van der Waals surface area (Å²) in [6.45, 7) is 11.6. The van der Waals surface area contributed by atoms with Gasteiger partial charge in [0.2, 0.25) is 5.95 Å². The van der Waals surface area contributed by atoms with Crippen molar-refractivity contribution in [2.45, 2.75) is 51.9 Å². The Morgan fingerprint density at radius 3 is 2.65 bits per heavy atom. The summed E-state index contributed by atoms with van der Waals surface area (Å²) in [6, 6.07) is 0.485. The predicted molar refractivity (Wildman–Crippen MR) is 78.0 cm³/mol. The minimum Gasteiger partial charge on any atom is -0.374 e. The van der Waals surface area contributed by atoms with Crippen LogP contribution < -0.4 is 10.2 Å². The Labute approximate surface area is 120 Å². The highest BCUT2D eigenvalue weighted by molar-refractivity contribution is 5.31. The van der Waals surface area contributed by atoms with Crippen LogP contribution in [0.1, 0.15) is 39.4 Å². The van der Waals surface area contributed by atoms with Crippen molar-refractivity contribution < 1.29 is 4.74 Å². The second-order valence-electron chi connectivity index (χ2n) is 6.25. The van der Waals surface area contributed by atoms with Gasteiger partial charge in [-0.15, -0.1) is 5.10 Å². The van der Waals surface area contributed by atoms with Crippen LogP contribution in [0.3, 0.4) is 0 Å². The van der Waals surface area contributed by atoms with Crippen molar-refractivity contribution in [3.63, 3.8) is 0 Å². The number of hydrogen-bond acceptors (Lipinski definition) is 5. The van der Waals surface area contributed by atoms with Crippen LogP contribution in [-0.4, -0.2) is 53.1 Å². The number of hydrogen-bond donors (Lipinski definition) is 2. The Morgan fingerprint density at radius 2 is 2.00 bits per heavy atom. The van der Waals surface area contributed by atoms with Crippen molar-refractivity contribution >= 4 is 5.95 Å². The Morgan fingerprint density at radius 1 is 1.20 bits per heavy atom. The molecule has 0 bridgehead atoms. The molecule has 0 radical (unpaired) electrons. The molecule has 3 rings (SSSR count). The lowest BCUT2D eigenvalue weighted by molar-refractivity contribution is 0.0553. The molecule has 5 atom stereocenters. The first-order valence-electron chi connectivity index (χ1n) is 7.62. The van der Waals surface area contributed by atoms with Crippen LogP contribution in [0.5, 0.6) is 0 Å². The maximum Gasteiger partial charge on any atom is 0.244 e. The van der Waals surface area contributed by atoms with E-state index < -0.39 is 0 Å². The number of rotatable bonds is 2. The summed E-state index contributed by atoms with van der Waals surface area (Å²) in [5.41, 5.74) is 0. The Balaban J connectivity index is 1.76. The molecule has 0 saturated carbocycles. The van der Waals surface area contributed by atoms with Crippen LogP contribution in [0, 0.1) is 5.92 Å². The van der Waals surface area contributed by atoms with Gasteiger partial charge in [0.15, 0.2) is 0 Å². The first kappa shape index (κ1) is 13.8. The molecule has 2 fully saturated rings. The van der Waals surface area contributed by atoms with E-state index in [0.717, 1.165) is 31.4 Å². The standard InChI is InChI=1S/C14H25N5O/c1-8-7-19(6-5-15-8)14-16-13(17-18-14)12-9(2)10(3)20-11(12)4/h8-12,15H,5-7H2,1-4H3,(H,16,17,18). The molecule has 5 unspecified atom stereocenters. The first-order valence-corrected chi connectivity index (χ1v) is 7.62. The molecule has 2 aliphatic rings. The van der Waals surface area contributed by atoms with Gasteiger partial charge in [0.1, 0.15) is 5.82 Å². The number of aromatic amines is 1. The Bertz CT molecular complexity index is 462. The molecule has 2 N–H and O–H groups in total. The Hall–Kier alpha value is -1.14. The van der Waals surface area contributed by atoms with Gasteiger partial charge in [-0.05, 0) is 26.7 Å². The molecular formula is C14H25N5O. The van der Waals surface area contributed by atoms with E-state index >= 15 is 0 Å². The van der Waals surface area contributed by atoms with Crippen molar-refractivity contribution in [1.82, 2.24) is 20.5 Å². The summed E-state index contributed by atoms with van der Waals surface area (Å²) < 4.78 is 5.90. The third kappa shape index (κ3) is 2.42. The largest absolute Gasteiger partial charge is 0.374 e. The van der Waals surface area contributed by atoms with Crippen molar-refractivity contribution in [2.24, 2.45) is 5.92 Å². The fourth-order valence-corrected chi connectivity index (χ4v) is 3.41. The molecule has 2 saturated heterocycles. The fourth-order valence-electron chi connectivity index (χ4n) is 3.41. The molecule has 3 heterocycles. The lowest BCUT2D eigenvalue weighted by Crippen LogP contribution is -2.49. The molecule has 20 heavy (non-hydrogen) atoms. The quantitative estimate of drug-likeness (QED) is 0.849. The summed E-state index contributed by atoms with van der Waals surface area (Å²) in [5, 5.41) is 11.0. The third-order valence-electron chi connectivity index (χ3n) is 4.70. The zero-order valence-electron chi connectivity index (χ0n) is 12.8. The second kappa shape index (κ2) is 5.33. The van der Waals surface area contributed by atoms with Gasteiger partial charge in [-0.2, -0.15) is 4.98 Å². The molecule has 6 nitrogen and oxygen atoms in total. The van der Waals surface area contributed by atoms with E-state index in [1.54, 1.807) is 0 Å². The molecule has 112 valence electrons. The molecule has 1 aromatic heterocycles. The normalized spacial score (nSPS) is 38.4. The zero-order chi connectivity index (χ0) is 14.3. The maximum absolute atomic E-state index is 5.90. The topological polar surface area (TPSA) is 66.1 Å². The molecule has 0 aliphatic carbocycles. The molecule has 0 spiro atoms. The molecule has 2 aliphatic heterocycles. The molecule has 0 amide bonds. The van der Waals surface area contributed by atoms with Gasteiger partial charge >= 0.3 is 0 Å². The van der Waals surface area contributed by atoms with E-state index in [1.807, 2.05) is 0 Å². The van der Waals surface area contributed by atoms with Gasteiger partial charge in [-0.3, -0.25) is 5.10 Å². The van der Waals surface area contributed by atoms with E-state index in [4.69, 9.17) is 9.72 Å². The predicted octanol–water partition coefficient (Wildman–Crippen LogP) is 1.13. The van der Waals surface area contributed by atoms with Crippen molar-refractivity contribution in [3.05, 3.63) is 5.82 Å². The van der Waals surface area contributed by atoms with Gasteiger partial charge in [0.05, 0.1) is 12.2 Å². The monoisotopic (exact) mass is 279 g/mol. The smallest absolute Gasteiger partial charge is 0.244 e. The molecular weight excluding hydrogens is 254 g/mol. The number of anilines is 1. The average Bonchev–Trinajstić information content (AvgIpc) is 2.96. The van der Waals surface area contributed by atoms with Crippen LogP contribution >= 0.6 is 0 Å². The van der Waals surface area contributed by atoms with Crippen molar-refractivity contribution in [3.8, 4) is 0 Å². The van der Waals surface area contributed by atoms with Crippen LogP contribution in [0.15, 0.2) is 0 Å². The van der Waals surface area contributed by atoms with Gasteiger partial charge < -0.3 is 15.0 Å². The van der Waals surface area contributed by atoms with Crippen LogP contribution in [0.2, 0.25) is 0 Å². The summed E-state index contributed by atoms with van der Waals surface area (Å²) in [5.74, 6) is 2.57. The van der Waals surface area contributed by atoms with E-state index in [-0.39, 0.29) is 12.2 Å². The average molecular weight is 279 g/mol. The summed E-state index contributed by atoms with van der Waals surface area (Å²) in [6.07, 6.45) is 0.477. The van der Waals surface area contributed by atoms with Gasteiger partial charge in [-0.1, -0.05) is 6.92 Å². The van der Waals surface area contributed by atoms with Crippen LogP contribution in [0.25, 0.3) is 0 Å².